The molecular weight excluding hydrogens is 272 g/mol. The van der Waals surface area contributed by atoms with Crippen molar-refractivity contribution in [3.8, 4) is 17.6 Å². The Balaban J connectivity index is 1.89. The predicted molar refractivity (Wildman–Crippen MR) is 79.8 cm³/mol. The third-order valence-electron chi connectivity index (χ3n) is 2.66. The third-order valence-corrected chi connectivity index (χ3v) is 3.63. The molecule has 0 aliphatic carbocycles. The zero-order valence-corrected chi connectivity index (χ0v) is 11.8. The maximum atomic E-state index is 8.85. The quantitative estimate of drug-likeness (QED) is 0.829. The molecule has 0 fully saturated rings. The van der Waals surface area contributed by atoms with Crippen molar-refractivity contribution in [1.82, 2.24) is 0 Å². The van der Waals surface area contributed by atoms with Gasteiger partial charge in [0.15, 0.2) is 0 Å². The highest BCUT2D eigenvalue weighted by molar-refractivity contribution is 7.12. The summed E-state index contributed by atoms with van der Waals surface area (Å²) in [5, 5.41) is 17.5. The van der Waals surface area contributed by atoms with E-state index in [1.165, 1.54) is 0 Å². The average molecular weight is 288 g/mol. The molecule has 20 heavy (non-hydrogen) atoms. The van der Waals surface area contributed by atoms with Gasteiger partial charge in [0.1, 0.15) is 19.0 Å². The second-order valence-corrected chi connectivity index (χ2v) is 5.30. The van der Waals surface area contributed by atoms with Crippen LogP contribution in [0.2, 0.25) is 0 Å². The molecule has 0 unspecified atom stereocenters. The summed E-state index contributed by atoms with van der Waals surface area (Å²) in [6.07, 6.45) is 0.665. The minimum Gasteiger partial charge on any atom is -0.488 e. The molecule has 0 amide bonds. The van der Waals surface area contributed by atoms with E-state index in [-0.39, 0.29) is 13.2 Å². The van der Waals surface area contributed by atoms with Crippen LogP contribution in [-0.2, 0) is 13.0 Å². The van der Waals surface area contributed by atoms with Gasteiger partial charge >= 0.3 is 0 Å². The molecule has 0 saturated heterocycles. The van der Waals surface area contributed by atoms with Crippen molar-refractivity contribution in [1.29, 1.82) is 0 Å². The third kappa shape index (κ3) is 4.39. The fourth-order valence-corrected chi connectivity index (χ4v) is 2.48. The molecule has 2 aromatic rings. The molecule has 1 aromatic heterocycles. The van der Waals surface area contributed by atoms with Crippen LogP contribution in [0.3, 0.4) is 0 Å². The van der Waals surface area contributed by atoms with Crippen molar-refractivity contribution >= 4 is 11.3 Å². The first kappa shape index (κ1) is 14.6. The van der Waals surface area contributed by atoms with Crippen LogP contribution in [0.25, 0.3) is 0 Å². The Morgan fingerprint density at radius 3 is 2.55 bits per heavy atom. The highest BCUT2D eigenvalue weighted by Gasteiger charge is 2.00. The van der Waals surface area contributed by atoms with E-state index in [1.807, 2.05) is 36.4 Å². The average Bonchev–Trinajstić information content (AvgIpc) is 2.93. The van der Waals surface area contributed by atoms with Crippen LogP contribution < -0.4 is 4.74 Å². The molecule has 0 aliphatic rings. The summed E-state index contributed by atoms with van der Waals surface area (Å²) in [5.41, 5.74) is 1.09. The van der Waals surface area contributed by atoms with Crippen LogP contribution in [0.5, 0.6) is 5.75 Å². The fraction of sp³-hybridized carbons (Fsp3) is 0.250. The lowest BCUT2D eigenvalue weighted by Crippen LogP contribution is -1.94. The number of benzene rings is 1. The van der Waals surface area contributed by atoms with Gasteiger partial charge in [0, 0.05) is 11.5 Å². The smallest absolute Gasteiger partial charge is 0.122 e. The first-order chi connectivity index (χ1) is 9.81. The molecular formula is C16H16O3S. The largest absolute Gasteiger partial charge is 0.488 e. The van der Waals surface area contributed by atoms with Crippen molar-refractivity contribution in [3.05, 3.63) is 51.7 Å². The highest BCUT2D eigenvalue weighted by Crippen LogP contribution is 2.19. The summed E-state index contributed by atoms with van der Waals surface area (Å²) in [6.45, 7) is 0.543. The molecule has 104 valence electrons. The van der Waals surface area contributed by atoms with Gasteiger partial charge in [-0.25, -0.2) is 0 Å². The van der Waals surface area contributed by atoms with Crippen molar-refractivity contribution in [3.63, 3.8) is 0 Å². The molecule has 1 aromatic carbocycles. The van der Waals surface area contributed by atoms with Gasteiger partial charge in [-0.05, 0) is 36.2 Å². The highest BCUT2D eigenvalue weighted by atomic mass is 32.1. The van der Waals surface area contributed by atoms with Crippen LogP contribution in [0.1, 0.15) is 15.3 Å². The summed E-state index contributed by atoms with van der Waals surface area (Å²) in [7, 11) is 0. The molecule has 2 rings (SSSR count). The summed E-state index contributed by atoms with van der Waals surface area (Å²) >= 11 is 1.56. The normalized spacial score (nSPS) is 9.90. The Bertz CT molecular complexity index is 590. The molecule has 0 atom stereocenters. The first-order valence-corrected chi connectivity index (χ1v) is 7.14. The van der Waals surface area contributed by atoms with E-state index in [4.69, 9.17) is 14.9 Å². The van der Waals surface area contributed by atoms with Crippen molar-refractivity contribution < 1.29 is 14.9 Å². The van der Waals surface area contributed by atoms with Gasteiger partial charge < -0.3 is 14.9 Å². The lowest BCUT2D eigenvalue weighted by atomic mass is 10.1. The molecule has 4 heteroatoms. The number of aliphatic hydroxyl groups is 2. The number of aliphatic hydroxyl groups excluding tert-OH is 2. The number of hydrogen-bond donors (Lipinski definition) is 2. The monoisotopic (exact) mass is 288 g/mol. The van der Waals surface area contributed by atoms with Crippen LogP contribution in [0, 0.1) is 11.8 Å². The summed E-state index contributed by atoms with van der Waals surface area (Å²) in [6, 6.07) is 11.6. The Labute approximate surface area is 122 Å². The molecule has 1 heterocycles. The lowest BCUT2D eigenvalue weighted by Gasteiger charge is -2.05. The Hall–Kier alpha value is -1.80. The van der Waals surface area contributed by atoms with E-state index >= 15 is 0 Å². The van der Waals surface area contributed by atoms with Gasteiger partial charge in [0.05, 0.1) is 4.88 Å². The molecule has 0 aliphatic heterocycles. The van der Waals surface area contributed by atoms with Crippen molar-refractivity contribution in [2.24, 2.45) is 0 Å². The Kier molecular flexibility index (Phi) is 5.63. The summed E-state index contributed by atoms with van der Waals surface area (Å²) < 4.78 is 5.69. The zero-order chi connectivity index (χ0) is 14.2. The second kappa shape index (κ2) is 7.71. The van der Waals surface area contributed by atoms with Gasteiger partial charge in [-0.2, -0.15) is 0 Å². The van der Waals surface area contributed by atoms with Gasteiger partial charge in [0.2, 0.25) is 0 Å². The molecule has 0 saturated carbocycles. The van der Waals surface area contributed by atoms with E-state index in [0.29, 0.717) is 13.0 Å². The van der Waals surface area contributed by atoms with Crippen molar-refractivity contribution in [2.45, 2.75) is 13.0 Å². The van der Waals surface area contributed by atoms with Crippen molar-refractivity contribution in [2.75, 3.05) is 13.2 Å². The van der Waals surface area contributed by atoms with E-state index in [9.17, 15) is 0 Å². The zero-order valence-electron chi connectivity index (χ0n) is 11.0. The number of ether oxygens (including phenoxy) is 1. The van der Waals surface area contributed by atoms with E-state index < -0.39 is 0 Å². The standard InChI is InChI=1S/C16H16O3S/c17-10-1-2-15-7-8-16(20-15)12-19-14-5-3-13(4-6-14)9-11-18/h3-8,17-18H,9-12H2. The lowest BCUT2D eigenvalue weighted by molar-refractivity contribution is 0.298. The number of thiophene rings is 1. The maximum absolute atomic E-state index is 8.85. The topological polar surface area (TPSA) is 49.7 Å². The van der Waals surface area contributed by atoms with Gasteiger partial charge in [-0.15, -0.1) is 11.3 Å². The van der Waals surface area contributed by atoms with Crippen LogP contribution >= 0.6 is 11.3 Å². The van der Waals surface area contributed by atoms with E-state index in [1.54, 1.807) is 11.3 Å². The Morgan fingerprint density at radius 2 is 1.85 bits per heavy atom. The second-order valence-electron chi connectivity index (χ2n) is 4.13. The first-order valence-electron chi connectivity index (χ1n) is 6.33. The van der Waals surface area contributed by atoms with E-state index in [2.05, 4.69) is 11.8 Å². The summed E-state index contributed by atoms with van der Waals surface area (Å²) in [5.74, 6) is 6.31. The predicted octanol–water partition coefficient (Wildman–Crippen LogP) is 2.21. The van der Waals surface area contributed by atoms with E-state index in [0.717, 1.165) is 21.1 Å². The SMILES string of the molecule is OCC#Cc1ccc(COc2ccc(CCO)cc2)s1. The van der Waals surface area contributed by atoms with Crippen LogP contribution in [0.15, 0.2) is 36.4 Å². The van der Waals surface area contributed by atoms with Gasteiger partial charge in [-0.1, -0.05) is 24.0 Å². The molecule has 3 nitrogen and oxygen atoms in total. The van der Waals surface area contributed by atoms with Gasteiger partial charge in [0.25, 0.3) is 0 Å². The number of hydrogen-bond acceptors (Lipinski definition) is 4. The molecule has 0 spiro atoms. The summed E-state index contributed by atoms with van der Waals surface area (Å²) in [4.78, 5) is 2.02. The van der Waals surface area contributed by atoms with Crippen LogP contribution in [0.4, 0.5) is 0 Å². The Morgan fingerprint density at radius 1 is 1.05 bits per heavy atom. The maximum Gasteiger partial charge on any atom is 0.122 e. The minimum atomic E-state index is -0.121. The molecule has 0 bridgehead atoms. The van der Waals surface area contributed by atoms with Crippen LogP contribution in [-0.4, -0.2) is 23.4 Å². The molecule has 0 radical (unpaired) electrons. The van der Waals surface area contributed by atoms with Gasteiger partial charge in [-0.3, -0.25) is 0 Å². The fourth-order valence-electron chi connectivity index (χ4n) is 1.69. The molecule has 2 N–H and O–H groups in total. The number of rotatable bonds is 5. The minimum absolute atomic E-state index is 0.121.